The number of esters is 3. The van der Waals surface area contributed by atoms with Gasteiger partial charge < -0.3 is 23.7 Å². The summed E-state index contributed by atoms with van der Waals surface area (Å²) in [6.07, 6.45) is 3.25. The van der Waals surface area contributed by atoms with Crippen LogP contribution in [0.3, 0.4) is 0 Å². The third-order valence-corrected chi connectivity index (χ3v) is 10.4. The van der Waals surface area contributed by atoms with Crippen LogP contribution in [0, 0.1) is 39.9 Å². The van der Waals surface area contributed by atoms with Gasteiger partial charge in [-0.25, -0.2) is 9.59 Å². The van der Waals surface area contributed by atoms with Crippen molar-refractivity contribution in [2.75, 3.05) is 7.11 Å². The van der Waals surface area contributed by atoms with Gasteiger partial charge in [0.25, 0.3) is 0 Å². The minimum absolute atomic E-state index is 0.133. The predicted octanol–water partition coefficient (Wildman–Crippen LogP) is 4.11. The predicted molar refractivity (Wildman–Crippen MR) is 141 cm³/mol. The molecule has 1 aromatic heterocycles. The Labute approximate surface area is 233 Å². The van der Waals surface area contributed by atoms with Gasteiger partial charge in [0, 0.05) is 33.3 Å². The van der Waals surface area contributed by atoms with E-state index in [1.54, 1.807) is 18.6 Å². The molecule has 5 rings (SSSR count). The Hall–Kier alpha value is -3.20. The molecule has 40 heavy (non-hydrogen) atoms. The molecule has 1 saturated heterocycles. The summed E-state index contributed by atoms with van der Waals surface area (Å²) >= 11 is 0. The zero-order chi connectivity index (χ0) is 29.4. The van der Waals surface area contributed by atoms with Crippen LogP contribution in [0.2, 0.25) is 0 Å². The third kappa shape index (κ3) is 3.84. The molecule has 4 aliphatic rings. The Balaban J connectivity index is 1.69. The second-order valence-corrected chi connectivity index (χ2v) is 13.0. The normalized spacial score (nSPS) is 38.6. The largest absolute Gasteiger partial charge is 0.472 e. The van der Waals surface area contributed by atoms with E-state index >= 15 is 0 Å². The highest BCUT2D eigenvalue weighted by Crippen LogP contribution is 2.68. The number of methoxy groups -OCH3 is 1. The monoisotopic (exact) mass is 554 g/mol. The van der Waals surface area contributed by atoms with E-state index in [2.05, 4.69) is 13.5 Å². The van der Waals surface area contributed by atoms with E-state index in [1.807, 2.05) is 26.8 Å². The minimum Gasteiger partial charge on any atom is -0.472 e. The summed E-state index contributed by atoms with van der Waals surface area (Å²) in [4.78, 5) is 53.0. The number of rotatable bonds is 5. The standard InChI is InChI=1S/C31H38O9/c1-15(2)27(35)40-26-18-12-17-19(31(6,24(18)34)23(29(26,3)4)22(33)28(36)37-7)8-10-30(5)20(17)13-21(32)39-25(30)16-9-11-38-14-16/h9,11-12,14,18-20,22-23,25-26,33H,1,8,10,13H2,2-7H3. The smallest absolute Gasteiger partial charge is 0.335 e. The van der Waals surface area contributed by atoms with E-state index in [1.165, 1.54) is 14.0 Å². The molecule has 0 spiro atoms. The van der Waals surface area contributed by atoms with Crippen molar-refractivity contribution < 1.29 is 42.9 Å². The first-order valence-corrected chi connectivity index (χ1v) is 13.8. The average Bonchev–Trinajstić information content (AvgIpc) is 3.42. The van der Waals surface area contributed by atoms with Crippen LogP contribution < -0.4 is 0 Å². The first kappa shape index (κ1) is 28.3. The van der Waals surface area contributed by atoms with Gasteiger partial charge >= 0.3 is 17.9 Å². The van der Waals surface area contributed by atoms with Crippen molar-refractivity contribution in [3.05, 3.63) is 48.0 Å². The highest BCUT2D eigenvalue weighted by Gasteiger charge is 2.70. The van der Waals surface area contributed by atoms with Gasteiger partial charge in [0.15, 0.2) is 6.10 Å². The van der Waals surface area contributed by atoms with Gasteiger partial charge in [0.2, 0.25) is 0 Å². The van der Waals surface area contributed by atoms with Crippen LogP contribution >= 0.6 is 0 Å². The molecular weight excluding hydrogens is 516 g/mol. The van der Waals surface area contributed by atoms with Crippen molar-refractivity contribution in [1.82, 2.24) is 0 Å². The lowest BCUT2D eigenvalue weighted by Gasteiger charge is -2.64. The summed E-state index contributed by atoms with van der Waals surface area (Å²) in [5.74, 6) is -4.42. The lowest BCUT2D eigenvalue weighted by Crippen LogP contribution is -2.69. The fourth-order valence-electron chi connectivity index (χ4n) is 8.57. The van der Waals surface area contributed by atoms with E-state index in [4.69, 9.17) is 18.6 Å². The number of Topliss-reactive ketones (excluding diaryl/α,β-unsaturated/α-hetero) is 1. The number of aliphatic hydroxyl groups excluding tert-OH is 1. The number of ether oxygens (including phenoxy) is 3. The molecule has 0 amide bonds. The lowest BCUT2D eigenvalue weighted by molar-refractivity contribution is -0.208. The van der Waals surface area contributed by atoms with Crippen LogP contribution in [0.15, 0.2) is 46.8 Å². The van der Waals surface area contributed by atoms with E-state index in [0.717, 1.165) is 11.1 Å². The SMILES string of the molecule is C=C(C)C(=O)OC1C2C=C3C4CC(=O)OC(c5ccoc5)C4(C)CCC3C(C)(C2=O)C(C(O)C(=O)OC)C1(C)C. The number of hydrogen-bond donors (Lipinski definition) is 1. The summed E-state index contributed by atoms with van der Waals surface area (Å²) < 4.78 is 22.1. The summed E-state index contributed by atoms with van der Waals surface area (Å²) in [5, 5.41) is 11.4. The molecule has 3 aliphatic carbocycles. The summed E-state index contributed by atoms with van der Waals surface area (Å²) in [7, 11) is 1.19. The molecule has 2 bridgehead atoms. The fourth-order valence-corrected chi connectivity index (χ4v) is 8.57. The number of aliphatic hydroxyl groups is 1. The van der Waals surface area contributed by atoms with Gasteiger partial charge in [-0.1, -0.05) is 45.9 Å². The Morgan fingerprint density at radius 2 is 1.88 bits per heavy atom. The first-order chi connectivity index (χ1) is 18.7. The number of fused-ring (bicyclic) bond motifs is 6. The van der Waals surface area contributed by atoms with Crippen molar-refractivity contribution in [2.24, 2.45) is 39.9 Å². The summed E-state index contributed by atoms with van der Waals surface area (Å²) in [6, 6.07) is 1.80. The maximum Gasteiger partial charge on any atom is 0.335 e. The van der Waals surface area contributed by atoms with Crippen LogP contribution in [0.1, 0.15) is 65.5 Å². The molecule has 2 saturated carbocycles. The highest BCUT2D eigenvalue weighted by molar-refractivity contribution is 5.95. The number of allylic oxidation sites excluding steroid dienone is 1. The Morgan fingerprint density at radius 1 is 1.18 bits per heavy atom. The van der Waals surface area contributed by atoms with Crippen molar-refractivity contribution in [3.8, 4) is 0 Å². The average molecular weight is 555 g/mol. The van der Waals surface area contributed by atoms with Gasteiger partial charge in [0.05, 0.1) is 32.0 Å². The number of hydrogen-bond acceptors (Lipinski definition) is 9. The number of ketones is 1. The molecular formula is C31H38O9. The quantitative estimate of drug-likeness (QED) is 0.247. The zero-order valence-electron chi connectivity index (χ0n) is 23.9. The zero-order valence-corrected chi connectivity index (χ0v) is 23.9. The van der Waals surface area contributed by atoms with Crippen molar-refractivity contribution in [3.63, 3.8) is 0 Å². The molecule has 1 N–H and O–H groups in total. The lowest BCUT2D eigenvalue weighted by atomic mass is 9.40. The first-order valence-electron chi connectivity index (χ1n) is 13.8. The van der Waals surface area contributed by atoms with Gasteiger partial charge in [-0.15, -0.1) is 0 Å². The molecule has 9 atom stereocenters. The van der Waals surface area contributed by atoms with E-state index in [0.29, 0.717) is 12.8 Å². The molecule has 1 aromatic rings. The molecule has 0 aromatic carbocycles. The molecule has 2 heterocycles. The van der Waals surface area contributed by atoms with Gasteiger partial charge in [-0.3, -0.25) is 9.59 Å². The minimum atomic E-state index is -1.64. The molecule has 1 aliphatic heterocycles. The Bertz CT molecular complexity index is 1290. The van der Waals surface area contributed by atoms with Crippen LogP contribution in [0.4, 0.5) is 0 Å². The van der Waals surface area contributed by atoms with Crippen molar-refractivity contribution >= 4 is 23.7 Å². The second-order valence-electron chi connectivity index (χ2n) is 13.0. The Morgan fingerprint density at radius 3 is 2.48 bits per heavy atom. The highest BCUT2D eigenvalue weighted by atomic mass is 16.6. The number of carbonyl (C=O) groups is 4. The fraction of sp³-hybridized carbons (Fsp3) is 0.613. The summed E-state index contributed by atoms with van der Waals surface area (Å²) in [5.41, 5.74) is -0.815. The molecule has 216 valence electrons. The molecule has 3 fully saturated rings. The van der Waals surface area contributed by atoms with Crippen LogP contribution in [0.5, 0.6) is 0 Å². The maximum absolute atomic E-state index is 14.4. The van der Waals surface area contributed by atoms with E-state index < -0.39 is 58.3 Å². The maximum atomic E-state index is 14.4. The Kier molecular flexibility index (Phi) is 6.68. The van der Waals surface area contributed by atoms with Crippen molar-refractivity contribution in [1.29, 1.82) is 0 Å². The van der Waals surface area contributed by atoms with Crippen molar-refractivity contribution in [2.45, 2.75) is 72.2 Å². The molecule has 9 nitrogen and oxygen atoms in total. The van der Waals surface area contributed by atoms with Gasteiger partial charge in [-0.2, -0.15) is 0 Å². The third-order valence-electron chi connectivity index (χ3n) is 10.4. The van der Waals surface area contributed by atoms with Crippen LogP contribution in [-0.4, -0.2) is 48.1 Å². The number of cyclic esters (lactones) is 1. The van der Waals surface area contributed by atoms with Crippen LogP contribution in [-0.2, 0) is 33.4 Å². The molecule has 9 heteroatoms. The van der Waals surface area contributed by atoms with E-state index in [-0.39, 0.29) is 35.6 Å². The van der Waals surface area contributed by atoms with Gasteiger partial charge in [-0.05, 0) is 37.7 Å². The molecule has 9 unspecified atom stereocenters. The molecule has 0 radical (unpaired) electrons. The second kappa shape index (κ2) is 9.43. The number of furan rings is 1. The van der Waals surface area contributed by atoms with Crippen LogP contribution in [0.25, 0.3) is 0 Å². The van der Waals surface area contributed by atoms with Gasteiger partial charge in [0.1, 0.15) is 18.0 Å². The topological polar surface area (TPSA) is 129 Å². The number of carbonyl (C=O) groups excluding carboxylic acids is 4. The van der Waals surface area contributed by atoms with E-state index in [9.17, 15) is 24.3 Å². The summed E-state index contributed by atoms with van der Waals surface area (Å²) in [6.45, 7) is 12.8.